The monoisotopic (exact) mass is 1280 g/mol. The van der Waals surface area contributed by atoms with E-state index in [2.05, 4.69) is 302 Å². The molecule has 0 amide bonds. The van der Waals surface area contributed by atoms with Gasteiger partial charge in [0, 0.05) is 61.6 Å². The molecule has 0 N–H and O–H groups in total. The predicted molar refractivity (Wildman–Crippen MR) is 415 cm³/mol. The van der Waals surface area contributed by atoms with Gasteiger partial charge in [-0.1, -0.05) is 269 Å². The fourth-order valence-corrected chi connectivity index (χ4v) is 15.1. The van der Waals surface area contributed by atoms with Crippen molar-refractivity contribution in [3.05, 3.63) is 345 Å². The fourth-order valence-electron chi connectivity index (χ4n) is 15.1. The number of benzene rings is 14. The Hall–Kier alpha value is -13.0. The average Bonchev–Trinajstić information content (AvgIpc) is 0.868. The second-order valence-electron chi connectivity index (χ2n) is 27.1. The molecule has 0 spiro atoms. The Morgan fingerprint density at radius 1 is 0.310 bits per heavy atom. The molecule has 0 bridgehead atoms. The molecule has 2 aliphatic rings. The van der Waals surface area contributed by atoms with Crippen LogP contribution in [0, 0.1) is 11.3 Å². The van der Waals surface area contributed by atoms with Crippen LogP contribution in [0.15, 0.2) is 334 Å². The summed E-state index contributed by atoms with van der Waals surface area (Å²) in [6.07, 6.45) is 0. The molecule has 0 fully saturated rings. The Balaban J connectivity index is 0.898. The first-order chi connectivity index (χ1) is 49.1. The molecule has 0 saturated carbocycles. The fraction of sp³-hybridized carbons (Fsp3) is 0.0435. The molecule has 14 aromatic carbocycles. The summed E-state index contributed by atoms with van der Waals surface area (Å²) in [7, 11) is 0. The molecule has 0 radical (unpaired) electrons. The van der Waals surface area contributed by atoms with E-state index in [-0.39, 0.29) is 12.1 Å². The third-order valence-electron chi connectivity index (χ3n) is 20.0. The Kier molecular flexibility index (Phi) is 14.5. The van der Waals surface area contributed by atoms with Gasteiger partial charge in [-0.25, -0.2) is 15.0 Å². The highest BCUT2D eigenvalue weighted by molar-refractivity contribution is 7.00. The Morgan fingerprint density at radius 3 is 1.17 bits per heavy atom. The number of nitriles is 1. The molecule has 7 nitrogen and oxygen atoms in total. The van der Waals surface area contributed by atoms with Crippen LogP contribution in [-0.4, -0.2) is 26.2 Å². The minimum atomic E-state index is -0.176. The van der Waals surface area contributed by atoms with E-state index in [0.29, 0.717) is 28.6 Å². The highest BCUT2D eigenvalue weighted by atomic mass is 15.2. The first-order valence-corrected chi connectivity index (χ1v) is 34.1. The van der Waals surface area contributed by atoms with Crippen molar-refractivity contribution >= 4 is 79.0 Å². The van der Waals surface area contributed by atoms with Crippen molar-refractivity contribution in [1.29, 1.82) is 5.26 Å². The number of aromatic nitrogens is 4. The van der Waals surface area contributed by atoms with E-state index in [0.717, 1.165) is 106 Å². The largest absolute Gasteiger partial charge is 0.311 e. The minimum absolute atomic E-state index is 0.174. The van der Waals surface area contributed by atoms with Gasteiger partial charge >= 0.3 is 0 Å². The minimum Gasteiger partial charge on any atom is -0.311 e. The first-order valence-electron chi connectivity index (χ1n) is 34.1. The summed E-state index contributed by atoms with van der Waals surface area (Å²) < 4.78 is 2.36. The van der Waals surface area contributed by atoms with Gasteiger partial charge in [-0.15, -0.1) is 0 Å². The third kappa shape index (κ3) is 10.4. The smallest absolute Gasteiger partial charge is 0.252 e. The van der Waals surface area contributed by atoms with E-state index in [9.17, 15) is 5.26 Å². The van der Waals surface area contributed by atoms with Crippen molar-refractivity contribution in [1.82, 2.24) is 19.5 Å². The zero-order valence-electron chi connectivity index (χ0n) is 55.5. The lowest BCUT2D eigenvalue weighted by Crippen LogP contribution is -2.61. The predicted octanol–water partition coefficient (Wildman–Crippen LogP) is 21.6. The van der Waals surface area contributed by atoms with Gasteiger partial charge in [-0.3, -0.25) is 0 Å². The summed E-state index contributed by atoms with van der Waals surface area (Å²) >= 11 is 0. The standard InChI is InChI=1S/C92H64BN7/c1-92(2,3)73-42-47-76-77-53-69(39-49-81(77)100(85(76)58-73)82-48-34-60(59-94)52-78(82)91-96-89(67-30-18-8-19-31-67)95-90(97-91)68-32-20-9-21-33-68)72-56-86-88-87(57-72)99(75-45-37-66(38-46-75)62-24-12-5-13-25-62)84-51-41-71(64-28-16-7-17-29-64)55-80(84)93(88)79-54-70(63-26-14-6-15-27-63)40-50-83(79)98(86)74-43-35-65(36-44-74)61-22-10-4-11-23-61/h4-58H,1-3H3. The van der Waals surface area contributed by atoms with Crippen molar-refractivity contribution in [3.63, 3.8) is 0 Å². The van der Waals surface area contributed by atoms with Crippen molar-refractivity contribution in [3.8, 4) is 102 Å². The normalized spacial score (nSPS) is 12.3. The molecule has 0 atom stereocenters. The van der Waals surface area contributed by atoms with Gasteiger partial charge in [0.2, 0.25) is 0 Å². The maximum Gasteiger partial charge on any atom is 0.252 e. The van der Waals surface area contributed by atoms with Gasteiger partial charge in [-0.05, 0) is 168 Å². The number of hydrogen-bond donors (Lipinski definition) is 0. The van der Waals surface area contributed by atoms with Crippen LogP contribution in [0.4, 0.5) is 34.1 Å². The molecule has 470 valence electrons. The van der Waals surface area contributed by atoms with Crippen LogP contribution < -0.4 is 26.2 Å². The van der Waals surface area contributed by atoms with Crippen LogP contribution in [0.2, 0.25) is 0 Å². The number of nitrogens with zero attached hydrogens (tertiary/aromatic N) is 7. The van der Waals surface area contributed by atoms with E-state index in [4.69, 9.17) is 15.0 Å². The van der Waals surface area contributed by atoms with Crippen molar-refractivity contribution in [2.24, 2.45) is 0 Å². The molecule has 100 heavy (non-hydrogen) atoms. The molecule has 2 aromatic heterocycles. The van der Waals surface area contributed by atoms with E-state index in [1.54, 1.807) is 0 Å². The average molecular weight is 1280 g/mol. The highest BCUT2D eigenvalue weighted by Gasteiger charge is 2.44. The van der Waals surface area contributed by atoms with Crippen molar-refractivity contribution in [2.45, 2.75) is 26.2 Å². The van der Waals surface area contributed by atoms with Gasteiger partial charge in [0.05, 0.1) is 28.4 Å². The third-order valence-corrected chi connectivity index (χ3v) is 20.0. The van der Waals surface area contributed by atoms with E-state index >= 15 is 0 Å². The summed E-state index contributed by atoms with van der Waals surface area (Å²) in [6.45, 7) is 6.63. The second kappa shape index (κ2) is 24.3. The van der Waals surface area contributed by atoms with E-state index in [1.165, 1.54) is 44.2 Å². The maximum atomic E-state index is 10.7. The summed E-state index contributed by atoms with van der Waals surface area (Å²) in [6, 6.07) is 123. The van der Waals surface area contributed by atoms with Crippen LogP contribution in [0.25, 0.3) is 117 Å². The highest BCUT2D eigenvalue weighted by Crippen LogP contribution is 2.49. The van der Waals surface area contributed by atoms with Crippen molar-refractivity contribution < 1.29 is 0 Å². The molecule has 0 saturated heterocycles. The topological polar surface area (TPSA) is 73.9 Å². The van der Waals surface area contributed by atoms with Gasteiger partial charge in [0.1, 0.15) is 0 Å². The van der Waals surface area contributed by atoms with Crippen LogP contribution in [0.3, 0.4) is 0 Å². The molecule has 0 aliphatic carbocycles. The zero-order chi connectivity index (χ0) is 67.0. The lowest BCUT2D eigenvalue weighted by atomic mass is 9.33. The molecule has 0 unspecified atom stereocenters. The number of fused-ring (bicyclic) bond motifs is 7. The van der Waals surface area contributed by atoms with Gasteiger partial charge in [0.15, 0.2) is 17.5 Å². The van der Waals surface area contributed by atoms with Crippen molar-refractivity contribution in [2.75, 3.05) is 9.80 Å². The lowest BCUT2D eigenvalue weighted by Gasteiger charge is -2.44. The molecule has 18 rings (SSSR count). The number of rotatable bonds is 11. The first kappa shape index (κ1) is 59.5. The number of anilines is 6. The molecule has 4 heterocycles. The van der Waals surface area contributed by atoms with Gasteiger partial charge in [0.25, 0.3) is 6.71 Å². The maximum absolute atomic E-state index is 10.7. The van der Waals surface area contributed by atoms with Crippen LogP contribution in [0.5, 0.6) is 0 Å². The lowest BCUT2D eigenvalue weighted by molar-refractivity contribution is 0.591. The summed E-state index contributed by atoms with van der Waals surface area (Å²) in [5, 5.41) is 12.9. The SMILES string of the molecule is CC(C)(C)c1ccc2c3cc(-c4cc5c6c(c4)N(c4ccc(-c7ccccc7)cc4)c4ccc(-c7ccccc7)cc4B6c4cc(-c6ccccc6)ccc4N5c4ccc(-c5ccccc5)cc4)ccc3n(-c3ccc(C#N)cc3-c3nc(-c4ccccc4)nc(-c4ccccc4)n3)c2c1. The van der Waals surface area contributed by atoms with Gasteiger partial charge < -0.3 is 14.4 Å². The molecule has 2 aliphatic heterocycles. The van der Waals surface area contributed by atoms with E-state index < -0.39 is 0 Å². The Labute approximate surface area is 582 Å². The van der Waals surface area contributed by atoms with Crippen LogP contribution >= 0.6 is 0 Å². The molecular formula is C92H64BN7. The van der Waals surface area contributed by atoms with E-state index in [1.807, 2.05) is 72.8 Å². The van der Waals surface area contributed by atoms with Crippen LogP contribution in [-0.2, 0) is 5.41 Å². The Bertz CT molecular complexity index is 5610. The Morgan fingerprint density at radius 2 is 0.710 bits per heavy atom. The van der Waals surface area contributed by atoms with Gasteiger partial charge in [-0.2, -0.15) is 5.26 Å². The second-order valence-corrected chi connectivity index (χ2v) is 27.1. The quantitative estimate of drug-likeness (QED) is 0.120. The summed E-state index contributed by atoms with van der Waals surface area (Å²) in [5.41, 5.74) is 28.5. The summed E-state index contributed by atoms with van der Waals surface area (Å²) in [4.78, 5) is 20.7. The van der Waals surface area contributed by atoms with Crippen LogP contribution in [0.1, 0.15) is 31.9 Å². The summed E-state index contributed by atoms with van der Waals surface area (Å²) in [5.74, 6) is 1.55. The zero-order valence-corrected chi connectivity index (χ0v) is 55.5. The molecular weight excluding hydrogens is 1210 g/mol. The molecule has 16 aromatic rings. The number of hydrogen-bond acceptors (Lipinski definition) is 6. The molecule has 8 heteroatoms.